The lowest BCUT2D eigenvalue weighted by Crippen LogP contribution is -2.59. The van der Waals surface area contributed by atoms with E-state index in [4.69, 9.17) is 0 Å². The zero-order valence-electron chi connectivity index (χ0n) is 17.7. The van der Waals surface area contributed by atoms with Gasteiger partial charge in [0.25, 0.3) is 0 Å². The van der Waals surface area contributed by atoms with E-state index in [-0.39, 0.29) is 18.0 Å². The first-order valence-electron chi connectivity index (χ1n) is 10.5. The maximum Gasteiger partial charge on any atom is 0.243 e. The average molecular weight is 428 g/mol. The standard InChI is InChI=1S/C23H29N3O3S/c1-17-9-11-21(12-10-17)30(28,29)25-15-13-23(14-16-25)24-18(2)22(27)26(23)19(3)20-7-5-4-6-8-20/h4-12,18-19,24H,13-16H2,1-3H3/t18-,19+/m1/s1. The fourth-order valence-electron chi connectivity index (χ4n) is 4.74. The molecule has 1 spiro atoms. The molecule has 1 amide bonds. The summed E-state index contributed by atoms with van der Waals surface area (Å²) >= 11 is 0. The molecule has 0 unspecified atom stereocenters. The molecule has 2 atom stereocenters. The maximum absolute atomic E-state index is 13.1. The lowest BCUT2D eigenvalue weighted by molar-refractivity contribution is -0.136. The van der Waals surface area contributed by atoms with Gasteiger partial charge in [-0.25, -0.2) is 8.42 Å². The Balaban J connectivity index is 1.57. The molecule has 7 heteroatoms. The smallest absolute Gasteiger partial charge is 0.243 e. The molecule has 2 aromatic rings. The molecule has 0 radical (unpaired) electrons. The number of nitrogens with zero attached hydrogens (tertiary/aromatic N) is 2. The number of carbonyl (C=O) groups is 1. The molecular formula is C23H29N3O3S. The second-order valence-electron chi connectivity index (χ2n) is 8.41. The molecule has 0 aliphatic carbocycles. The number of carbonyl (C=O) groups excluding carboxylic acids is 1. The Morgan fingerprint density at radius 3 is 2.23 bits per heavy atom. The van der Waals surface area contributed by atoms with Crippen LogP contribution in [0.2, 0.25) is 0 Å². The van der Waals surface area contributed by atoms with Crippen molar-refractivity contribution >= 4 is 15.9 Å². The molecule has 0 bridgehead atoms. The zero-order valence-corrected chi connectivity index (χ0v) is 18.5. The molecule has 4 rings (SSSR count). The van der Waals surface area contributed by atoms with Crippen molar-refractivity contribution in [1.82, 2.24) is 14.5 Å². The molecule has 2 aromatic carbocycles. The highest BCUT2D eigenvalue weighted by Crippen LogP contribution is 2.39. The molecule has 2 saturated heterocycles. The lowest BCUT2D eigenvalue weighted by Gasteiger charge is -2.46. The van der Waals surface area contributed by atoms with Gasteiger partial charge in [-0.2, -0.15) is 4.31 Å². The third-order valence-corrected chi connectivity index (χ3v) is 8.34. The second kappa shape index (κ2) is 7.80. The minimum atomic E-state index is -3.54. The number of aryl methyl sites for hydroxylation is 1. The third kappa shape index (κ3) is 3.55. The van der Waals surface area contributed by atoms with E-state index in [0.29, 0.717) is 30.8 Å². The van der Waals surface area contributed by atoms with E-state index in [1.165, 1.54) is 0 Å². The molecule has 2 fully saturated rings. The molecule has 160 valence electrons. The van der Waals surface area contributed by atoms with Crippen LogP contribution in [0, 0.1) is 6.92 Å². The van der Waals surface area contributed by atoms with Crippen molar-refractivity contribution in [1.29, 1.82) is 0 Å². The van der Waals surface area contributed by atoms with Gasteiger partial charge in [0.1, 0.15) is 0 Å². The predicted molar refractivity (Wildman–Crippen MR) is 116 cm³/mol. The molecule has 1 N–H and O–H groups in total. The number of benzene rings is 2. The highest BCUT2D eigenvalue weighted by atomic mass is 32.2. The van der Waals surface area contributed by atoms with Crippen LogP contribution in [-0.2, 0) is 14.8 Å². The summed E-state index contributed by atoms with van der Waals surface area (Å²) in [5, 5.41) is 3.49. The maximum atomic E-state index is 13.1. The highest BCUT2D eigenvalue weighted by molar-refractivity contribution is 7.89. The number of hydrogen-bond acceptors (Lipinski definition) is 4. The third-order valence-electron chi connectivity index (χ3n) is 6.43. The van der Waals surface area contributed by atoms with Crippen LogP contribution in [-0.4, -0.2) is 48.3 Å². The SMILES string of the molecule is Cc1ccc(S(=O)(=O)N2CCC3(CC2)N[C@H](C)C(=O)N3[C@@H](C)c2ccccc2)cc1. The first kappa shape index (κ1) is 21.0. The van der Waals surface area contributed by atoms with Gasteiger partial charge in [0.05, 0.1) is 22.6 Å². The van der Waals surface area contributed by atoms with Crippen molar-refractivity contribution in [3.63, 3.8) is 0 Å². The van der Waals surface area contributed by atoms with E-state index in [9.17, 15) is 13.2 Å². The lowest BCUT2D eigenvalue weighted by atomic mass is 9.94. The van der Waals surface area contributed by atoms with Crippen LogP contribution < -0.4 is 5.32 Å². The Bertz CT molecular complexity index is 1010. The molecule has 2 aliphatic heterocycles. The van der Waals surface area contributed by atoms with Crippen LogP contribution in [0.5, 0.6) is 0 Å². The Morgan fingerprint density at radius 1 is 1.03 bits per heavy atom. The molecule has 0 saturated carbocycles. The first-order chi connectivity index (χ1) is 14.2. The second-order valence-corrected chi connectivity index (χ2v) is 10.3. The largest absolute Gasteiger partial charge is 0.316 e. The van der Waals surface area contributed by atoms with Crippen molar-refractivity contribution in [2.75, 3.05) is 13.1 Å². The van der Waals surface area contributed by atoms with Gasteiger partial charge in [0, 0.05) is 13.1 Å². The van der Waals surface area contributed by atoms with Gasteiger partial charge < -0.3 is 4.90 Å². The van der Waals surface area contributed by atoms with E-state index < -0.39 is 15.7 Å². The van der Waals surface area contributed by atoms with Gasteiger partial charge in [-0.1, -0.05) is 48.0 Å². The average Bonchev–Trinajstić information content (AvgIpc) is 2.98. The number of sulfonamides is 1. The van der Waals surface area contributed by atoms with Crippen LogP contribution in [0.15, 0.2) is 59.5 Å². The zero-order chi connectivity index (χ0) is 21.5. The molecule has 6 nitrogen and oxygen atoms in total. The monoisotopic (exact) mass is 427 g/mol. The molecule has 0 aromatic heterocycles. The summed E-state index contributed by atoms with van der Waals surface area (Å²) in [6, 6.07) is 16.6. The Morgan fingerprint density at radius 2 is 1.63 bits per heavy atom. The molecular weight excluding hydrogens is 398 g/mol. The summed E-state index contributed by atoms with van der Waals surface area (Å²) in [6.07, 6.45) is 1.12. The minimum Gasteiger partial charge on any atom is -0.316 e. The van der Waals surface area contributed by atoms with E-state index in [0.717, 1.165) is 11.1 Å². The van der Waals surface area contributed by atoms with E-state index >= 15 is 0 Å². The summed E-state index contributed by atoms with van der Waals surface area (Å²) in [5.74, 6) is 0.0706. The van der Waals surface area contributed by atoms with Crippen molar-refractivity contribution < 1.29 is 13.2 Å². The van der Waals surface area contributed by atoms with Crippen LogP contribution in [0.3, 0.4) is 0 Å². The van der Waals surface area contributed by atoms with E-state index in [1.54, 1.807) is 16.4 Å². The normalized spacial score (nSPS) is 23.1. The number of hydrogen-bond donors (Lipinski definition) is 1. The number of amides is 1. The van der Waals surface area contributed by atoms with Crippen molar-refractivity contribution in [3.8, 4) is 0 Å². The van der Waals surface area contributed by atoms with Gasteiger partial charge in [0.15, 0.2) is 0 Å². The molecule has 30 heavy (non-hydrogen) atoms. The quantitative estimate of drug-likeness (QED) is 0.814. The van der Waals surface area contributed by atoms with Crippen molar-refractivity contribution in [2.24, 2.45) is 0 Å². The summed E-state index contributed by atoms with van der Waals surface area (Å²) in [5.41, 5.74) is 1.58. The predicted octanol–water partition coefficient (Wildman–Crippen LogP) is 3.06. The Labute approximate surface area is 178 Å². The summed E-state index contributed by atoms with van der Waals surface area (Å²) in [4.78, 5) is 15.3. The van der Waals surface area contributed by atoms with E-state index in [2.05, 4.69) is 5.32 Å². The Kier molecular flexibility index (Phi) is 5.46. The number of piperidine rings is 1. The molecule has 2 aliphatic rings. The van der Waals surface area contributed by atoms with Crippen LogP contribution in [0.4, 0.5) is 0 Å². The number of rotatable bonds is 4. The fraction of sp³-hybridized carbons (Fsp3) is 0.435. The molecule has 2 heterocycles. The minimum absolute atomic E-state index is 0.0706. The van der Waals surface area contributed by atoms with Crippen LogP contribution in [0.1, 0.15) is 43.9 Å². The summed E-state index contributed by atoms with van der Waals surface area (Å²) < 4.78 is 27.7. The van der Waals surface area contributed by atoms with Gasteiger partial charge in [-0.15, -0.1) is 0 Å². The number of nitrogens with one attached hydrogen (secondary N) is 1. The highest BCUT2D eigenvalue weighted by Gasteiger charge is 2.52. The first-order valence-corrected chi connectivity index (χ1v) is 11.9. The Hall–Kier alpha value is -2.22. The van der Waals surface area contributed by atoms with E-state index in [1.807, 2.05) is 68.1 Å². The topological polar surface area (TPSA) is 69.7 Å². The van der Waals surface area contributed by atoms with Crippen LogP contribution in [0.25, 0.3) is 0 Å². The van der Waals surface area contributed by atoms with Gasteiger partial charge in [-0.3, -0.25) is 10.1 Å². The van der Waals surface area contributed by atoms with Crippen molar-refractivity contribution in [3.05, 3.63) is 65.7 Å². The van der Waals surface area contributed by atoms with Gasteiger partial charge in [-0.05, 0) is 51.3 Å². The van der Waals surface area contributed by atoms with Gasteiger partial charge in [0.2, 0.25) is 15.9 Å². The summed E-state index contributed by atoms with van der Waals surface area (Å²) in [6.45, 7) is 6.62. The summed E-state index contributed by atoms with van der Waals surface area (Å²) in [7, 11) is -3.54. The van der Waals surface area contributed by atoms with Crippen LogP contribution >= 0.6 is 0 Å². The van der Waals surface area contributed by atoms with Crippen molar-refractivity contribution in [2.45, 2.75) is 56.3 Å². The fourth-order valence-corrected chi connectivity index (χ4v) is 6.18. The van der Waals surface area contributed by atoms with Gasteiger partial charge >= 0.3 is 0 Å².